The molecule has 1 saturated carbocycles. The Balaban J connectivity index is 1.99. The van der Waals surface area contributed by atoms with E-state index in [-0.39, 0.29) is 5.91 Å². The maximum Gasteiger partial charge on any atom is 0.219 e. The van der Waals surface area contributed by atoms with Gasteiger partial charge in [0.25, 0.3) is 0 Å². The lowest BCUT2D eigenvalue weighted by molar-refractivity contribution is -0.120. The zero-order chi connectivity index (χ0) is 11.1. The van der Waals surface area contributed by atoms with Crippen molar-refractivity contribution < 1.29 is 4.79 Å². The summed E-state index contributed by atoms with van der Waals surface area (Å²) in [7, 11) is 1.69. The molecule has 0 aromatic heterocycles. The molecule has 2 N–H and O–H groups in total. The summed E-state index contributed by atoms with van der Waals surface area (Å²) in [5.41, 5.74) is 0. The van der Waals surface area contributed by atoms with Crippen LogP contribution in [0.15, 0.2) is 0 Å². The second kappa shape index (κ2) is 7.12. The normalized spacial score (nSPS) is 25.5. The van der Waals surface area contributed by atoms with Crippen molar-refractivity contribution >= 4 is 17.7 Å². The van der Waals surface area contributed by atoms with Crippen LogP contribution in [0.25, 0.3) is 0 Å². The number of thioether (sulfide) groups is 1. The first kappa shape index (κ1) is 12.8. The van der Waals surface area contributed by atoms with Gasteiger partial charge in [-0.1, -0.05) is 0 Å². The summed E-state index contributed by atoms with van der Waals surface area (Å²) in [4.78, 5) is 11.0. The molecule has 88 valence electrons. The van der Waals surface area contributed by atoms with Crippen LogP contribution in [0.4, 0.5) is 0 Å². The summed E-state index contributed by atoms with van der Waals surface area (Å²) in [5, 5.41) is 7.02. The van der Waals surface area contributed by atoms with Crippen molar-refractivity contribution in [1.82, 2.24) is 10.6 Å². The van der Waals surface area contributed by atoms with Gasteiger partial charge in [0.15, 0.2) is 0 Å². The molecule has 0 spiro atoms. The van der Waals surface area contributed by atoms with Gasteiger partial charge in [-0.3, -0.25) is 4.79 Å². The number of rotatable bonds is 6. The largest absolute Gasteiger partial charge is 0.359 e. The molecular weight excluding hydrogens is 208 g/mol. The van der Waals surface area contributed by atoms with Gasteiger partial charge >= 0.3 is 0 Å². The maximum atomic E-state index is 11.0. The molecule has 0 aromatic carbocycles. The summed E-state index contributed by atoms with van der Waals surface area (Å²) in [6.45, 7) is 0.971. The SMILES string of the molecule is CNC(=O)CCCNC1CCC(SC)C1. The highest BCUT2D eigenvalue weighted by Gasteiger charge is 2.22. The van der Waals surface area contributed by atoms with Crippen LogP contribution in [0.5, 0.6) is 0 Å². The van der Waals surface area contributed by atoms with Gasteiger partial charge in [0.05, 0.1) is 0 Å². The Kier molecular flexibility index (Phi) is 6.10. The van der Waals surface area contributed by atoms with Gasteiger partial charge in [0.1, 0.15) is 0 Å². The highest BCUT2D eigenvalue weighted by atomic mass is 32.2. The van der Waals surface area contributed by atoms with E-state index in [4.69, 9.17) is 0 Å². The molecule has 4 heteroatoms. The summed E-state index contributed by atoms with van der Waals surface area (Å²) in [5.74, 6) is 0.144. The lowest BCUT2D eigenvalue weighted by Gasteiger charge is -2.12. The van der Waals surface area contributed by atoms with Crippen LogP contribution in [0, 0.1) is 0 Å². The lowest BCUT2D eigenvalue weighted by atomic mass is 10.2. The predicted octanol–water partition coefficient (Wildman–Crippen LogP) is 1.39. The first-order chi connectivity index (χ1) is 7.26. The fourth-order valence-corrected chi connectivity index (χ4v) is 2.82. The van der Waals surface area contributed by atoms with Gasteiger partial charge < -0.3 is 10.6 Å². The molecule has 1 amide bonds. The van der Waals surface area contributed by atoms with Crippen LogP contribution in [0.3, 0.4) is 0 Å². The Morgan fingerprint density at radius 3 is 2.87 bits per heavy atom. The van der Waals surface area contributed by atoms with E-state index in [0.29, 0.717) is 12.5 Å². The summed E-state index contributed by atoms with van der Waals surface area (Å²) in [6, 6.07) is 0.687. The zero-order valence-electron chi connectivity index (χ0n) is 9.71. The van der Waals surface area contributed by atoms with E-state index in [2.05, 4.69) is 16.9 Å². The molecule has 0 heterocycles. The van der Waals surface area contributed by atoms with Gasteiger partial charge in [0, 0.05) is 24.8 Å². The maximum absolute atomic E-state index is 11.0. The van der Waals surface area contributed by atoms with Gasteiger partial charge in [-0.15, -0.1) is 0 Å². The standard InChI is InChI=1S/C11H22N2OS/c1-12-11(14)4-3-7-13-9-5-6-10(8-9)15-2/h9-10,13H,3-8H2,1-2H3,(H,12,14). The molecule has 0 saturated heterocycles. The average molecular weight is 230 g/mol. The van der Waals surface area contributed by atoms with E-state index in [1.807, 2.05) is 11.8 Å². The Morgan fingerprint density at radius 1 is 1.47 bits per heavy atom. The van der Waals surface area contributed by atoms with Crippen LogP contribution in [0.2, 0.25) is 0 Å². The van der Waals surface area contributed by atoms with E-state index in [1.54, 1.807) is 7.05 Å². The van der Waals surface area contributed by atoms with Crippen molar-refractivity contribution in [2.75, 3.05) is 19.8 Å². The molecule has 2 unspecified atom stereocenters. The first-order valence-corrected chi connectivity index (χ1v) is 7.01. The Labute approximate surface area is 96.8 Å². The predicted molar refractivity (Wildman–Crippen MR) is 66.2 cm³/mol. The van der Waals surface area contributed by atoms with E-state index in [1.165, 1.54) is 19.3 Å². The number of nitrogens with one attached hydrogen (secondary N) is 2. The fraction of sp³-hybridized carbons (Fsp3) is 0.909. The molecule has 1 aliphatic rings. The molecule has 15 heavy (non-hydrogen) atoms. The second-order valence-electron chi connectivity index (χ2n) is 4.10. The van der Waals surface area contributed by atoms with Crippen LogP contribution in [-0.2, 0) is 4.79 Å². The zero-order valence-corrected chi connectivity index (χ0v) is 10.5. The molecule has 0 aromatic rings. The average Bonchev–Trinajstić information content (AvgIpc) is 2.72. The molecule has 0 radical (unpaired) electrons. The number of hydrogen-bond acceptors (Lipinski definition) is 3. The van der Waals surface area contributed by atoms with Crippen molar-refractivity contribution in [3.05, 3.63) is 0 Å². The minimum atomic E-state index is 0.144. The molecule has 0 aliphatic heterocycles. The highest BCUT2D eigenvalue weighted by molar-refractivity contribution is 7.99. The van der Waals surface area contributed by atoms with E-state index >= 15 is 0 Å². The van der Waals surface area contributed by atoms with Crippen molar-refractivity contribution in [3.8, 4) is 0 Å². The first-order valence-electron chi connectivity index (χ1n) is 5.73. The number of hydrogen-bond donors (Lipinski definition) is 2. The Hall–Kier alpha value is -0.220. The fourth-order valence-electron chi connectivity index (χ4n) is 2.02. The van der Waals surface area contributed by atoms with Crippen molar-refractivity contribution in [2.24, 2.45) is 0 Å². The van der Waals surface area contributed by atoms with Crippen molar-refractivity contribution in [2.45, 2.75) is 43.4 Å². The number of amides is 1. The van der Waals surface area contributed by atoms with Crippen molar-refractivity contribution in [3.63, 3.8) is 0 Å². The molecule has 0 bridgehead atoms. The van der Waals surface area contributed by atoms with Gasteiger partial charge in [-0.05, 0) is 38.5 Å². The molecule has 1 aliphatic carbocycles. The molecule has 1 rings (SSSR count). The molecule has 3 nitrogen and oxygen atoms in total. The Morgan fingerprint density at radius 2 is 2.27 bits per heavy atom. The van der Waals surface area contributed by atoms with E-state index in [9.17, 15) is 4.79 Å². The third-order valence-corrected chi connectivity index (χ3v) is 4.11. The van der Waals surface area contributed by atoms with E-state index < -0.39 is 0 Å². The van der Waals surface area contributed by atoms with Crippen LogP contribution in [0.1, 0.15) is 32.1 Å². The van der Waals surface area contributed by atoms with Crippen LogP contribution < -0.4 is 10.6 Å². The van der Waals surface area contributed by atoms with Gasteiger partial charge in [-0.25, -0.2) is 0 Å². The minimum Gasteiger partial charge on any atom is -0.359 e. The van der Waals surface area contributed by atoms with E-state index in [0.717, 1.165) is 18.2 Å². The number of carbonyl (C=O) groups excluding carboxylic acids is 1. The second-order valence-corrected chi connectivity index (χ2v) is 5.24. The topological polar surface area (TPSA) is 41.1 Å². The minimum absolute atomic E-state index is 0.144. The lowest BCUT2D eigenvalue weighted by Crippen LogP contribution is -2.28. The van der Waals surface area contributed by atoms with Gasteiger partial charge in [0.2, 0.25) is 5.91 Å². The number of carbonyl (C=O) groups is 1. The third-order valence-electron chi connectivity index (χ3n) is 3.01. The van der Waals surface area contributed by atoms with Crippen molar-refractivity contribution in [1.29, 1.82) is 0 Å². The molecular formula is C11H22N2OS. The monoisotopic (exact) mass is 230 g/mol. The van der Waals surface area contributed by atoms with Crippen LogP contribution >= 0.6 is 11.8 Å². The Bertz CT molecular complexity index is 199. The quantitative estimate of drug-likeness (QED) is 0.678. The molecule has 1 fully saturated rings. The highest BCUT2D eigenvalue weighted by Crippen LogP contribution is 2.27. The smallest absolute Gasteiger partial charge is 0.219 e. The summed E-state index contributed by atoms with van der Waals surface area (Å²) < 4.78 is 0. The summed E-state index contributed by atoms with van der Waals surface area (Å²) in [6.07, 6.45) is 7.71. The van der Waals surface area contributed by atoms with Crippen LogP contribution in [-0.4, -0.2) is 37.0 Å². The third kappa shape index (κ3) is 4.89. The molecule has 2 atom stereocenters. The summed E-state index contributed by atoms with van der Waals surface area (Å²) >= 11 is 1.98. The van der Waals surface area contributed by atoms with Gasteiger partial charge in [-0.2, -0.15) is 11.8 Å².